The van der Waals surface area contributed by atoms with Crippen LogP contribution in [0.4, 0.5) is 0 Å². The number of rotatable bonds is 3. The Kier molecular flexibility index (Phi) is 5.83. The molecule has 0 aliphatic carbocycles. The van der Waals surface area contributed by atoms with Crippen molar-refractivity contribution in [2.24, 2.45) is 0 Å². The van der Waals surface area contributed by atoms with E-state index in [1.54, 1.807) is 6.92 Å². The topological polar surface area (TPSA) is 61.4 Å². The highest BCUT2D eigenvalue weighted by Gasteiger charge is 2.26. The highest BCUT2D eigenvalue weighted by atomic mass is 16.2. The average Bonchev–Trinajstić information content (AvgIpc) is 2.76. The minimum atomic E-state index is -0.411. The molecule has 0 bridgehead atoms. The summed E-state index contributed by atoms with van der Waals surface area (Å²) in [7, 11) is 0. The van der Waals surface area contributed by atoms with Crippen LogP contribution in [-0.2, 0) is 9.59 Å². The second-order valence-electron chi connectivity index (χ2n) is 5.97. The SMILES string of the molecule is CC(NC(=O)C1CCCCCN1)C(=O)N1CCCCC1. The maximum Gasteiger partial charge on any atom is 0.244 e. The molecule has 0 saturated carbocycles. The molecule has 2 amide bonds. The Balaban J connectivity index is 1.81. The first-order chi connectivity index (χ1) is 9.68. The molecule has 0 spiro atoms. The predicted molar refractivity (Wildman–Crippen MR) is 78.3 cm³/mol. The van der Waals surface area contributed by atoms with E-state index >= 15 is 0 Å². The van der Waals surface area contributed by atoms with Crippen molar-refractivity contribution in [3.63, 3.8) is 0 Å². The number of carbonyl (C=O) groups is 2. The maximum absolute atomic E-state index is 12.3. The Morgan fingerprint density at radius 3 is 2.55 bits per heavy atom. The number of piperidine rings is 1. The lowest BCUT2D eigenvalue weighted by Crippen LogP contribution is -2.53. The van der Waals surface area contributed by atoms with E-state index in [0.29, 0.717) is 0 Å². The zero-order valence-corrected chi connectivity index (χ0v) is 12.5. The Bertz CT molecular complexity index is 332. The largest absolute Gasteiger partial charge is 0.343 e. The molecule has 0 aromatic heterocycles. The van der Waals surface area contributed by atoms with Crippen LogP contribution in [0.5, 0.6) is 0 Å². The summed E-state index contributed by atoms with van der Waals surface area (Å²) in [5, 5.41) is 6.15. The van der Waals surface area contributed by atoms with E-state index < -0.39 is 6.04 Å². The van der Waals surface area contributed by atoms with Gasteiger partial charge in [0.1, 0.15) is 6.04 Å². The molecular weight excluding hydrogens is 254 g/mol. The Morgan fingerprint density at radius 2 is 1.80 bits per heavy atom. The quantitative estimate of drug-likeness (QED) is 0.812. The molecule has 2 unspecified atom stereocenters. The lowest BCUT2D eigenvalue weighted by Gasteiger charge is -2.30. The van der Waals surface area contributed by atoms with Crippen molar-refractivity contribution in [2.45, 2.75) is 64.0 Å². The Labute approximate surface area is 121 Å². The molecule has 2 heterocycles. The molecular formula is C15H27N3O2. The van der Waals surface area contributed by atoms with Crippen molar-refractivity contribution in [1.29, 1.82) is 0 Å². The standard InChI is InChI=1S/C15H27N3O2/c1-12(15(20)18-10-6-3-7-11-18)17-14(19)13-8-4-2-5-9-16-13/h12-13,16H,2-11H2,1H3,(H,17,19). The first-order valence-corrected chi connectivity index (χ1v) is 8.01. The van der Waals surface area contributed by atoms with E-state index in [9.17, 15) is 9.59 Å². The third-order valence-corrected chi connectivity index (χ3v) is 4.27. The number of hydrogen-bond donors (Lipinski definition) is 2. The minimum absolute atomic E-state index is 0.0234. The number of amides is 2. The molecule has 0 radical (unpaired) electrons. The summed E-state index contributed by atoms with van der Waals surface area (Å²) in [6, 6.07) is -0.542. The number of likely N-dealkylation sites (tertiary alicyclic amines) is 1. The van der Waals surface area contributed by atoms with Crippen LogP contribution in [-0.4, -0.2) is 48.4 Å². The van der Waals surface area contributed by atoms with Gasteiger partial charge < -0.3 is 15.5 Å². The summed E-state index contributed by atoms with van der Waals surface area (Å²) in [4.78, 5) is 26.4. The Hall–Kier alpha value is -1.10. The van der Waals surface area contributed by atoms with Crippen LogP contribution in [0.25, 0.3) is 0 Å². The molecule has 2 aliphatic rings. The maximum atomic E-state index is 12.3. The van der Waals surface area contributed by atoms with Crippen molar-refractivity contribution in [3.8, 4) is 0 Å². The molecule has 2 N–H and O–H groups in total. The van der Waals surface area contributed by atoms with Gasteiger partial charge in [-0.3, -0.25) is 9.59 Å². The highest BCUT2D eigenvalue weighted by Crippen LogP contribution is 2.11. The summed E-state index contributed by atoms with van der Waals surface area (Å²) in [6.07, 6.45) is 7.63. The summed E-state index contributed by atoms with van der Waals surface area (Å²) in [6.45, 7) is 4.36. The monoisotopic (exact) mass is 281 g/mol. The van der Waals surface area contributed by atoms with Crippen molar-refractivity contribution in [1.82, 2.24) is 15.5 Å². The first-order valence-electron chi connectivity index (χ1n) is 8.01. The zero-order chi connectivity index (χ0) is 14.4. The van der Waals surface area contributed by atoms with Crippen LogP contribution >= 0.6 is 0 Å². The van der Waals surface area contributed by atoms with Crippen LogP contribution in [0.15, 0.2) is 0 Å². The van der Waals surface area contributed by atoms with E-state index in [1.807, 2.05) is 4.90 Å². The van der Waals surface area contributed by atoms with Gasteiger partial charge in [-0.2, -0.15) is 0 Å². The molecule has 2 fully saturated rings. The van der Waals surface area contributed by atoms with E-state index in [4.69, 9.17) is 0 Å². The van der Waals surface area contributed by atoms with Crippen molar-refractivity contribution in [2.75, 3.05) is 19.6 Å². The van der Waals surface area contributed by atoms with E-state index in [0.717, 1.165) is 51.7 Å². The van der Waals surface area contributed by atoms with Gasteiger partial charge in [0, 0.05) is 13.1 Å². The molecule has 5 heteroatoms. The molecule has 20 heavy (non-hydrogen) atoms. The third kappa shape index (κ3) is 4.20. The van der Waals surface area contributed by atoms with Gasteiger partial charge in [-0.25, -0.2) is 0 Å². The average molecular weight is 281 g/mol. The van der Waals surface area contributed by atoms with E-state index in [2.05, 4.69) is 10.6 Å². The zero-order valence-electron chi connectivity index (χ0n) is 12.5. The number of nitrogens with one attached hydrogen (secondary N) is 2. The molecule has 2 atom stereocenters. The predicted octanol–water partition coefficient (Wildman–Crippen LogP) is 1.04. The number of hydrogen-bond acceptors (Lipinski definition) is 3. The van der Waals surface area contributed by atoms with E-state index in [1.165, 1.54) is 12.8 Å². The van der Waals surface area contributed by atoms with Gasteiger partial charge >= 0.3 is 0 Å². The lowest BCUT2D eigenvalue weighted by atomic mass is 10.1. The molecule has 0 aromatic rings. The molecule has 0 aromatic carbocycles. The number of carbonyl (C=O) groups excluding carboxylic acids is 2. The number of nitrogens with zero attached hydrogens (tertiary/aromatic N) is 1. The minimum Gasteiger partial charge on any atom is -0.343 e. The van der Waals surface area contributed by atoms with Gasteiger partial charge in [0.05, 0.1) is 6.04 Å². The molecule has 2 saturated heterocycles. The third-order valence-electron chi connectivity index (χ3n) is 4.27. The van der Waals surface area contributed by atoms with Gasteiger partial charge in [-0.1, -0.05) is 12.8 Å². The van der Waals surface area contributed by atoms with Gasteiger partial charge in [0.15, 0.2) is 0 Å². The van der Waals surface area contributed by atoms with Crippen LogP contribution < -0.4 is 10.6 Å². The molecule has 2 aliphatic heterocycles. The van der Waals surface area contributed by atoms with Crippen molar-refractivity contribution in [3.05, 3.63) is 0 Å². The van der Waals surface area contributed by atoms with Crippen LogP contribution in [0.1, 0.15) is 51.9 Å². The first kappa shape index (κ1) is 15.3. The van der Waals surface area contributed by atoms with Crippen LogP contribution in [0, 0.1) is 0 Å². The van der Waals surface area contributed by atoms with Gasteiger partial charge in [0.25, 0.3) is 0 Å². The fourth-order valence-corrected chi connectivity index (χ4v) is 3.02. The van der Waals surface area contributed by atoms with Gasteiger partial charge in [-0.05, 0) is 45.6 Å². The van der Waals surface area contributed by atoms with E-state index in [-0.39, 0.29) is 17.9 Å². The smallest absolute Gasteiger partial charge is 0.244 e. The van der Waals surface area contributed by atoms with Gasteiger partial charge in [0.2, 0.25) is 11.8 Å². The summed E-state index contributed by atoms with van der Waals surface area (Å²) in [5.74, 6) is 0.0384. The highest BCUT2D eigenvalue weighted by molar-refractivity contribution is 5.89. The Morgan fingerprint density at radius 1 is 1.10 bits per heavy atom. The lowest BCUT2D eigenvalue weighted by molar-refractivity contribution is -0.137. The van der Waals surface area contributed by atoms with Crippen LogP contribution in [0.2, 0.25) is 0 Å². The van der Waals surface area contributed by atoms with Crippen molar-refractivity contribution < 1.29 is 9.59 Å². The van der Waals surface area contributed by atoms with Crippen molar-refractivity contribution >= 4 is 11.8 Å². The fourth-order valence-electron chi connectivity index (χ4n) is 3.02. The van der Waals surface area contributed by atoms with Crippen LogP contribution in [0.3, 0.4) is 0 Å². The normalized spacial score (nSPS) is 25.6. The molecule has 2 rings (SSSR count). The second kappa shape index (κ2) is 7.62. The molecule has 5 nitrogen and oxygen atoms in total. The second-order valence-corrected chi connectivity index (χ2v) is 5.97. The fraction of sp³-hybridized carbons (Fsp3) is 0.867. The van der Waals surface area contributed by atoms with Gasteiger partial charge in [-0.15, -0.1) is 0 Å². The molecule has 114 valence electrons. The summed E-state index contributed by atoms with van der Waals surface area (Å²) >= 11 is 0. The summed E-state index contributed by atoms with van der Waals surface area (Å²) < 4.78 is 0. The summed E-state index contributed by atoms with van der Waals surface area (Å²) in [5.41, 5.74) is 0.